The minimum atomic E-state index is -3.80. The molecule has 0 saturated carbocycles. The quantitative estimate of drug-likeness (QED) is 0.860. The summed E-state index contributed by atoms with van der Waals surface area (Å²) < 4.78 is 53.2. The van der Waals surface area contributed by atoms with Crippen LogP contribution in [0, 0.1) is 17.2 Å². The first-order chi connectivity index (χ1) is 9.94. The number of rotatable bonds is 6. The predicted octanol–water partition coefficient (Wildman–Crippen LogP) is 1.33. The second-order valence-electron chi connectivity index (χ2n) is 4.85. The van der Waals surface area contributed by atoms with Gasteiger partial charge in [-0.3, -0.25) is 0 Å². The summed E-state index contributed by atoms with van der Waals surface area (Å²) in [5.74, 6) is -1.52. The number of hydrogen-bond donors (Lipinski definition) is 1. The number of nitrogens with zero attached hydrogens (tertiary/aromatic N) is 2. The van der Waals surface area contributed by atoms with Gasteiger partial charge in [-0.15, -0.1) is 0 Å². The number of halogens is 2. The third kappa shape index (κ3) is 3.75. The van der Waals surface area contributed by atoms with E-state index in [9.17, 15) is 17.2 Å². The molecule has 0 radical (unpaired) electrons. The van der Waals surface area contributed by atoms with Gasteiger partial charge in [0.25, 0.3) is 10.2 Å². The van der Waals surface area contributed by atoms with E-state index in [1.807, 2.05) is 6.07 Å². The van der Waals surface area contributed by atoms with E-state index in [1.165, 1.54) is 0 Å². The smallest absolute Gasteiger partial charge is 0.210 e. The third-order valence-electron chi connectivity index (χ3n) is 3.39. The van der Waals surface area contributed by atoms with Crippen molar-refractivity contribution < 1.29 is 17.2 Å². The van der Waals surface area contributed by atoms with Crippen molar-refractivity contribution in [3.63, 3.8) is 0 Å². The lowest BCUT2D eigenvalue weighted by Gasteiger charge is -2.34. The molecule has 114 valence electrons. The van der Waals surface area contributed by atoms with Crippen molar-refractivity contribution in [3.05, 3.63) is 35.9 Å². The molecule has 2 rings (SSSR count). The highest BCUT2D eigenvalue weighted by Crippen LogP contribution is 2.23. The Morgan fingerprint density at radius 2 is 1.95 bits per heavy atom. The van der Waals surface area contributed by atoms with Gasteiger partial charge in [0.2, 0.25) is 6.43 Å². The van der Waals surface area contributed by atoms with Gasteiger partial charge >= 0.3 is 0 Å². The van der Waals surface area contributed by atoms with E-state index in [2.05, 4.69) is 4.72 Å². The normalized spacial score (nSPS) is 18.2. The molecule has 0 aliphatic carbocycles. The first-order valence-electron chi connectivity index (χ1n) is 6.41. The van der Waals surface area contributed by atoms with Gasteiger partial charge < -0.3 is 0 Å². The summed E-state index contributed by atoms with van der Waals surface area (Å²) in [5.41, 5.74) is 0.383. The monoisotopic (exact) mass is 315 g/mol. The average Bonchev–Trinajstić information content (AvgIpc) is 2.38. The zero-order valence-electron chi connectivity index (χ0n) is 11.1. The number of nitriles is 1. The number of nitrogens with one attached hydrogen (secondary N) is 1. The highest BCUT2D eigenvalue weighted by molar-refractivity contribution is 7.87. The van der Waals surface area contributed by atoms with E-state index in [-0.39, 0.29) is 25.6 Å². The second-order valence-corrected chi connectivity index (χ2v) is 6.60. The Morgan fingerprint density at radius 1 is 1.33 bits per heavy atom. The van der Waals surface area contributed by atoms with Gasteiger partial charge in [0.1, 0.15) is 0 Å². The van der Waals surface area contributed by atoms with Crippen LogP contribution in [-0.2, 0) is 10.2 Å². The third-order valence-corrected chi connectivity index (χ3v) is 4.90. The first-order valence-corrected chi connectivity index (χ1v) is 7.85. The van der Waals surface area contributed by atoms with Gasteiger partial charge in [0, 0.05) is 19.6 Å². The summed E-state index contributed by atoms with van der Waals surface area (Å²) in [4.78, 5) is 0. The van der Waals surface area contributed by atoms with Gasteiger partial charge in [-0.2, -0.15) is 18.0 Å². The van der Waals surface area contributed by atoms with Crippen molar-refractivity contribution in [2.45, 2.75) is 12.3 Å². The lowest BCUT2D eigenvalue weighted by Crippen LogP contribution is -2.54. The highest BCUT2D eigenvalue weighted by Gasteiger charge is 2.36. The van der Waals surface area contributed by atoms with Crippen LogP contribution in [0.3, 0.4) is 0 Å². The van der Waals surface area contributed by atoms with Crippen LogP contribution in [0.4, 0.5) is 8.78 Å². The molecule has 0 aromatic heterocycles. The minimum absolute atomic E-state index is 0.108. The van der Waals surface area contributed by atoms with E-state index >= 15 is 0 Å². The first kappa shape index (κ1) is 15.8. The maximum atomic E-state index is 13.1. The molecule has 1 N–H and O–H groups in total. The Hall–Kier alpha value is -1.56. The lowest BCUT2D eigenvalue weighted by atomic mass is 10.0. The fourth-order valence-corrected chi connectivity index (χ4v) is 3.38. The molecule has 1 aromatic carbocycles. The van der Waals surface area contributed by atoms with Gasteiger partial charge in [0.05, 0.1) is 17.9 Å². The summed E-state index contributed by atoms with van der Waals surface area (Å²) in [5, 5.41) is 8.62. The number of alkyl halides is 2. The molecule has 1 aliphatic rings. The van der Waals surface area contributed by atoms with Crippen LogP contribution in [0.1, 0.15) is 11.5 Å². The molecule has 1 unspecified atom stereocenters. The maximum Gasteiger partial charge on any atom is 0.279 e. The Labute approximate surface area is 122 Å². The SMILES string of the molecule is N#CC1CN(S(=O)(=O)NCC(c2ccccc2)C(F)F)C1. The largest absolute Gasteiger partial charge is 0.279 e. The van der Waals surface area contributed by atoms with Crippen LogP contribution in [0.5, 0.6) is 0 Å². The Morgan fingerprint density at radius 3 is 2.48 bits per heavy atom. The van der Waals surface area contributed by atoms with Crippen LogP contribution in [-0.4, -0.2) is 38.8 Å². The molecule has 1 aliphatic heterocycles. The summed E-state index contributed by atoms with van der Waals surface area (Å²) >= 11 is 0. The van der Waals surface area contributed by atoms with Crippen LogP contribution in [0.15, 0.2) is 30.3 Å². The summed E-state index contributed by atoms with van der Waals surface area (Å²) in [6.45, 7) is -0.162. The van der Waals surface area contributed by atoms with Gasteiger partial charge in [-0.1, -0.05) is 30.3 Å². The van der Waals surface area contributed by atoms with E-state index in [4.69, 9.17) is 5.26 Å². The number of hydrogen-bond acceptors (Lipinski definition) is 3. The Kier molecular flexibility index (Phi) is 4.88. The standard InChI is InChI=1S/C13H15F2N3O2S/c14-13(15)12(11-4-2-1-3-5-11)7-17-21(19,20)18-8-10(6-16)9-18/h1-5,10,12-13,17H,7-9H2. The maximum absolute atomic E-state index is 13.1. The molecule has 5 nitrogen and oxygen atoms in total. The molecule has 1 saturated heterocycles. The van der Waals surface area contributed by atoms with Crippen LogP contribution < -0.4 is 4.72 Å². The molecule has 1 heterocycles. The van der Waals surface area contributed by atoms with Crippen LogP contribution >= 0.6 is 0 Å². The van der Waals surface area contributed by atoms with Crippen molar-refractivity contribution in [2.75, 3.05) is 19.6 Å². The summed E-state index contributed by atoms with van der Waals surface area (Å²) in [6.07, 6.45) is -2.67. The van der Waals surface area contributed by atoms with Crippen molar-refractivity contribution >= 4 is 10.2 Å². The topological polar surface area (TPSA) is 73.2 Å². The molecule has 1 atom stereocenters. The molecule has 21 heavy (non-hydrogen) atoms. The average molecular weight is 315 g/mol. The highest BCUT2D eigenvalue weighted by atomic mass is 32.2. The number of benzene rings is 1. The van der Waals surface area contributed by atoms with Crippen molar-refractivity contribution in [2.24, 2.45) is 5.92 Å². The molecule has 0 bridgehead atoms. The van der Waals surface area contributed by atoms with Crippen molar-refractivity contribution in [1.29, 1.82) is 5.26 Å². The molecule has 8 heteroatoms. The predicted molar refractivity (Wildman–Crippen MR) is 72.8 cm³/mol. The lowest BCUT2D eigenvalue weighted by molar-refractivity contribution is 0.115. The zero-order chi connectivity index (χ0) is 15.5. The fourth-order valence-electron chi connectivity index (χ4n) is 2.06. The fraction of sp³-hybridized carbons (Fsp3) is 0.462. The van der Waals surface area contributed by atoms with Gasteiger partial charge in [-0.25, -0.2) is 13.5 Å². The van der Waals surface area contributed by atoms with E-state index in [0.717, 1.165) is 4.31 Å². The molecular formula is C13H15F2N3O2S. The van der Waals surface area contributed by atoms with Crippen LogP contribution in [0.2, 0.25) is 0 Å². The second kappa shape index (κ2) is 6.47. The molecular weight excluding hydrogens is 300 g/mol. The minimum Gasteiger partial charge on any atom is -0.210 e. The summed E-state index contributed by atoms with van der Waals surface area (Å²) in [6, 6.07) is 10.0. The van der Waals surface area contributed by atoms with Crippen LogP contribution in [0.25, 0.3) is 0 Å². The summed E-state index contributed by atoms with van der Waals surface area (Å²) in [7, 11) is -3.80. The Balaban J connectivity index is 1.98. The van der Waals surface area contributed by atoms with E-state index < -0.39 is 22.6 Å². The van der Waals surface area contributed by atoms with E-state index in [0.29, 0.717) is 5.56 Å². The molecule has 1 aromatic rings. The van der Waals surface area contributed by atoms with Gasteiger partial charge in [-0.05, 0) is 5.56 Å². The zero-order valence-corrected chi connectivity index (χ0v) is 11.9. The molecule has 0 amide bonds. The van der Waals surface area contributed by atoms with E-state index in [1.54, 1.807) is 30.3 Å². The van der Waals surface area contributed by atoms with Crippen molar-refractivity contribution in [1.82, 2.24) is 9.03 Å². The molecule has 0 spiro atoms. The van der Waals surface area contributed by atoms with Crippen molar-refractivity contribution in [3.8, 4) is 6.07 Å². The van der Waals surface area contributed by atoms with Gasteiger partial charge in [0.15, 0.2) is 0 Å². The molecule has 1 fully saturated rings. The Bertz CT molecular complexity index is 610.